The molecule has 0 fully saturated rings. The Bertz CT molecular complexity index is 506. The predicted octanol–water partition coefficient (Wildman–Crippen LogP) is 1.80. The lowest BCUT2D eigenvalue weighted by molar-refractivity contribution is -0.127. The van der Waals surface area contributed by atoms with Crippen molar-refractivity contribution in [1.82, 2.24) is 0 Å². The van der Waals surface area contributed by atoms with E-state index in [1.807, 2.05) is 0 Å². The predicted molar refractivity (Wildman–Crippen MR) is 59.6 cm³/mol. The highest BCUT2D eigenvalue weighted by Gasteiger charge is 2.22. The molecule has 1 aromatic carbocycles. The SMILES string of the molecule is CC(=O)C(C#N)C(=O)Nc1ccc(F)c(C)c1. The summed E-state index contributed by atoms with van der Waals surface area (Å²) in [4.78, 5) is 22.5. The van der Waals surface area contributed by atoms with E-state index in [1.165, 1.54) is 25.1 Å². The Morgan fingerprint density at radius 2 is 2.12 bits per heavy atom. The van der Waals surface area contributed by atoms with E-state index < -0.39 is 17.6 Å². The Labute approximate surface area is 98.1 Å². The van der Waals surface area contributed by atoms with Crippen molar-refractivity contribution in [3.63, 3.8) is 0 Å². The minimum atomic E-state index is -1.33. The number of hydrogen-bond donors (Lipinski definition) is 1. The fourth-order valence-corrected chi connectivity index (χ4v) is 1.27. The lowest BCUT2D eigenvalue weighted by Gasteiger charge is -2.08. The van der Waals surface area contributed by atoms with Gasteiger partial charge in [-0.2, -0.15) is 5.26 Å². The van der Waals surface area contributed by atoms with Gasteiger partial charge in [-0.25, -0.2) is 4.39 Å². The topological polar surface area (TPSA) is 70.0 Å². The van der Waals surface area contributed by atoms with Crippen LogP contribution in [0.5, 0.6) is 0 Å². The van der Waals surface area contributed by atoms with Crippen molar-refractivity contribution >= 4 is 17.4 Å². The second-order valence-electron chi connectivity index (χ2n) is 3.63. The minimum Gasteiger partial charge on any atom is -0.325 e. The number of nitriles is 1. The fourth-order valence-electron chi connectivity index (χ4n) is 1.27. The maximum atomic E-state index is 13.0. The number of Topliss-reactive ketones (excluding diaryl/α,β-unsaturated/α-hetero) is 1. The fraction of sp³-hybridized carbons (Fsp3) is 0.250. The second kappa shape index (κ2) is 5.21. The van der Waals surface area contributed by atoms with E-state index in [2.05, 4.69) is 5.32 Å². The average Bonchev–Trinajstić information content (AvgIpc) is 2.24. The highest BCUT2D eigenvalue weighted by molar-refractivity contribution is 6.08. The maximum absolute atomic E-state index is 13.0. The van der Waals surface area contributed by atoms with Crippen LogP contribution in [0.1, 0.15) is 12.5 Å². The molecule has 1 unspecified atom stereocenters. The van der Waals surface area contributed by atoms with Crippen molar-refractivity contribution in [1.29, 1.82) is 5.26 Å². The molecule has 1 N–H and O–H groups in total. The van der Waals surface area contributed by atoms with Gasteiger partial charge in [0.25, 0.3) is 0 Å². The standard InChI is InChI=1S/C12H11FN2O2/c1-7-5-9(3-4-11(7)13)15-12(17)10(6-14)8(2)16/h3-5,10H,1-2H3,(H,15,17). The van der Waals surface area contributed by atoms with Crippen LogP contribution >= 0.6 is 0 Å². The largest absolute Gasteiger partial charge is 0.325 e. The first-order chi connectivity index (χ1) is 7.95. The third-order valence-electron chi connectivity index (χ3n) is 2.22. The molecule has 0 bridgehead atoms. The molecule has 0 aromatic heterocycles. The number of aryl methyl sites for hydroxylation is 1. The summed E-state index contributed by atoms with van der Waals surface area (Å²) >= 11 is 0. The lowest BCUT2D eigenvalue weighted by atomic mass is 10.1. The van der Waals surface area contributed by atoms with E-state index in [1.54, 1.807) is 13.0 Å². The molecule has 1 atom stereocenters. The molecule has 17 heavy (non-hydrogen) atoms. The molecule has 0 spiro atoms. The van der Waals surface area contributed by atoms with E-state index in [0.717, 1.165) is 0 Å². The summed E-state index contributed by atoms with van der Waals surface area (Å²) in [5, 5.41) is 11.0. The third kappa shape index (κ3) is 3.11. The normalized spacial score (nSPS) is 11.4. The molecule has 1 amide bonds. The first kappa shape index (κ1) is 12.8. The Balaban J connectivity index is 2.85. The van der Waals surface area contributed by atoms with Crippen LogP contribution in [0.15, 0.2) is 18.2 Å². The second-order valence-corrected chi connectivity index (χ2v) is 3.63. The van der Waals surface area contributed by atoms with Crippen molar-refractivity contribution in [2.24, 2.45) is 5.92 Å². The Kier molecular flexibility index (Phi) is 3.94. The number of halogens is 1. The number of ketones is 1. The van der Waals surface area contributed by atoms with Gasteiger partial charge in [0, 0.05) is 5.69 Å². The van der Waals surface area contributed by atoms with Gasteiger partial charge in [-0.3, -0.25) is 9.59 Å². The number of carbonyl (C=O) groups is 2. The number of amides is 1. The average molecular weight is 234 g/mol. The summed E-state index contributed by atoms with van der Waals surface area (Å²) in [6, 6.07) is 5.62. The van der Waals surface area contributed by atoms with Crippen LogP contribution in [-0.4, -0.2) is 11.7 Å². The molecule has 1 aromatic rings. The zero-order valence-electron chi connectivity index (χ0n) is 9.45. The zero-order valence-corrected chi connectivity index (χ0v) is 9.45. The Hall–Kier alpha value is -2.22. The summed E-state index contributed by atoms with van der Waals surface area (Å²) in [6.07, 6.45) is 0. The van der Waals surface area contributed by atoms with Gasteiger partial charge in [0.1, 0.15) is 5.82 Å². The van der Waals surface area contributed by atoms with Crippen molar-refractivity contribution in [2.45, 2.75) is 13.8 Å². The molecular weight excluding hydrogens is 223 g/mol. The number of nitrogens with zero attached hydrogens (tertiary/aromatic N) is 1. The van der Waals surface area contributed by atoms with E-state index >= 15 is 0 Å². The highest BCUT2D eigenvalue weighted by atomic mass is 19.1. The van der Waals surface area contributed by atoms with E-state index in [0.29, 0.717) is 11.3 Å². The number of rotatable bonds is 3. The number of anilines is 1. The molecule has 4 nitrogen and oxygen atoms in total. The number of nitrogens with one attached hydrogen (secondary N) is 1. The van der Waals surface area contributed by atoms with E-state index in [4.69, 9.17) is 5.26 Å². The van der Waals surface area contributed by atoms with Crippen LogP contribution in [0.2, 0.25) is 0 Å². The van der Waals surface area contributed by atoms with Crippen molar-refractivity contribution in [2.75, 3.05) is 5.32 Å². The van der Waals surface area contributed by atoms with Gasteiger partial charge in [0.2, 0.25) is 5.91 Å². The first-order valence-corrected chi connectivity index (χ1v) is 4.92. The lowest BCUT2D eigenvalue weighted by Crippen LogP contribution is -2.26. The summed E-state index contributed by atoms with van der Waals surface area (Å²) in [7, 11) is 0. The molecule has 88 valence electrons. The van der Waals surface area contributed by atoms with Crippen LogP contribution in [-0.2, 0) is 9.59 Å². The summed E-state index contributed by atoms with van der Waals surface area (Å²) < 4.78 is 13.0. The first-order valence-electron chi connectivity index (χ1n) is 4.92. The highest BCUT2D eigenvalue weighted by Crippen LogP contribution is 2.14. The molecular formula is C12H11FN2O2. The van der Waals surface area contributed by atoms with Gasteiger partial charge in [0.05, 0.1) is 6.07 Å². The smallest absolute Gasteiger partial charge is 0.249 e. The van der Waals surface area contributed by atoms with Gasteiger partial charge in [-0.05, 0) is 37.6 Å². The van der Waals surface area contributed by atoms with Crippen molar-refractivity contribution in [3.8, 4) is 6.07 Å². The molecule has 1 rings (SSSR count). The number of carbonyl (C=O) groups excluding carboxylic acids is 2. The molecule has 5 heteroatoms. The van der Waals surface area contributed by atoms with E-state index in [-0.39, 0.29) is 5.82 Å². The van der Waals surface area contributed by atoms with E-state index in [9.17, 15) is 14.0 Å². The van der Waals surface area contributed by atoms with Crippen LogP contribution in [0.25, 0.3) is 0 Å². The monoisotopic (exact) mass is 234 g/mol. The quantitative estimate of drug-likeness (QED) is 0.810. The van der Waals surface area contributed by atoms with Crippen LogP contribution in [0.4, 0.5) is 10.1 Å². The van der Waals surface area contributed by atoms with Crippen LogP contribution < -0.4 is 5.32 Å². The molecule has 0 radical (unpaired) electrons. The zero-order chi connectivity index (χ0) is 13.0. The molecule has 0 aliphatic rings. The summed E-state index contributed by atoms with van der Waals surface area (Å²) in [5.41, 5.74) is 0.731. The molecule has 0 saturated heterocycles. The van der Waals surface area contributed by atoms with Gasteiger partial charge in [-0.1, -0.05) is 0 Å². The van der Waals surface area contributed by atoms with Gasteiger partial charge < -0.3 is 5.32 Å². The van der Waals surface area contributed by atoms with Crippen LogP contribution in [0.3, 0.4) is 0 Å². The molecule has 0 aliphatic carbocycles. The summed E-state index contributed by atoms with van der Waals surface area (Å²) in [6.45, 7) is 2.72. The number of benzene rings is 1. The van der Waals surface area contributed by atoms with Crippen LogP contribution in [0, 0.1) is 30.0 Å². The maximum Gasteiger partial charge on any atom is 0.249 e. The third-order valence-corrected chi connectivity index (χ3v) is 2.22. The molecule has 0 saturated carbocycles. The van der Waals surface area contributed by atoms with Crippen molar-refractivity contribution < 1.29 is 14.0 Å². The number of hydrogen-bond acceptors (Lipinski definition) is 3. The Morgan fingerprint density at radius 3 is 2.59 bits per heavy atom. The Morgan fingerprint density at radius 1 is 1.47 bits per heavy atom. The van der Waals surface area contributed by atoms with Gasteiger partial charge in [-0.15, -0.1) is 0 Å². The van der Waals surface area contributed by atoms with Gasteiger partial charge >= 0.3 is 0 Å². The minimum absolute atomic E-state index is 0.357. The van der Waals surface area contributed by atoms with Gasteiger partial charge in [0.15, 0.2) is 11.7 Å². The molecule has 0 heterocycles. The summed E-state index contributed by atoms with van der Waals surface area (Å²) in [5.74, 6) is -2.94. The molecule has 0 aliphatic heterocycles. The van der Waals surface area contributed by atoms with Crippen molar-refractivity contribution in [3.05, 3.63) is 29.6 Å².